The summed E-state index contributed by atoms with van der Waals surface area (Å²) in [5, 5.41) is 5.32. The number of aromatic nitrogens is 2. The molecular formula is C18H18N4O3. The minimum Gasteiger partial charge on any atom is -0.463 e. The van der Waals surface area contributed by atoms with Crippen LogP contribution >= 0.6 is 0 Å². The number of carbonyl (C=O) groups is 2. The molecule has 2 N–H and O–H groups in total. The van der Waals surface area contributed by atoms with Gasteiger partial charge in [0.05, 0.1) is 18.2 Å². The van der Waals surface area contributed by atoms with Crippen molar-refractivity contribution >= 4 is 12.0 Å². The molecule has 128 valence electrons. The molecule has 0 saturated carbocycles. The van der Waals surface area contributed by atoms with E-state index in [9.17, 15) is 9.59 Å². The van der Waals surface area contributed by atoms with E-state index in [1.807, 2.05) is 30.3 Å². The van der Waals surface area contributed by atoms with Crippen LogP contribution < -0.4 is 10.6 Å². The second-order valence-electron chi connectivity index (χ2n) is 5.50. The third-order valence-electron chi connectivity index (χ3n) is 3.80. The number of rotatable bonds is 4. The Hall–Kier alpha value is -3.22. The molecule has 7 heteroatoms. The van der Waals surface area contributed by atoms with E-state index in [2.05, 4.69) is 20.6 Å². The maximum atomic E-state index is 12.3. The molecule has 2 aromatic rings. The van der Waals surface area contributed by atoms with Gasteiger partial charge in [0.25, 0.3) is 0 Å². The number of benzene rings is 1. The Bertz CT molecular complexity index is 816. The zero-order chi connectivity index (χ0) is 17.8. The van der Waals surface area contributed by atoms with Crippen molar-refractivity contribution in [2.75, 3.05) is 6.61 Å². The Balaban J connectivity index is 1.94. The molecule has 1 unspecified atom stereocenters. The number of carbonyl (C=O) groups excluding carboxylic acids is 2. The summed E-state index contributed by atoms with van der Waals surface area (Å²) in [6.07, 6.45) is 3.22. The van der Waals surface area contributed by atoms with Crippen LogP contribution in [0.4, 0.5) is 4.79 Å². The number of esters is 1. The van der Waals surface area contributed by atoms with Crippen LogP contribution in [0.3, 0.4) is 0 Å². The predicted molar refractivity (Wildman–Crippen MR) is 91.2 cm³/mol. The Morgan fingerprint density at radius 3 is 2.52 bits per heavy atom. The molecule has 1 aromatic carbocycles. The first kappa shape index (κ1) is 16.6. The fourth-order valence-corrected chi connectivity index (χ4v) is 2.65. The van der Waals surface area contributed by atoms with Gasteiger partial charge in [-0.2, -0.15) is 0 Å². The molecule has 0 spiro atoms. The Morgan fingerprint density at radius 1 is 1.20 bits per heavy atom. The van der Waals surface area contributed by atoms with Gasteiger partial charge in [-0.05, 0) is 13.8 Å². The molecule has 3 rings (SSSR count). The van der Waals surface area contributed by atoms with E-state index < -0.39 is 12.0 Å². The summed E-state index contributed by atoms with van der Waals surface area (Å²) in [6.45, 7) is 3.65. The number of nitrogens with zero attached hydrogens (tertiary/aromatic N) is 2. The summed E-state index contributed by atoms with van der Waals surface area (Å²) < 4.78 is 5.10. The molecular weight excluding hydrogens is 320 g/mol. The quantitative estimate of drug-likeness (QED) is 0.835. The summed E-state index contributed by atoms with van der Waals surface area (Å²) in [6, 6.07) is 8.52. The second-order valence-corrected chi connectivity index (χ2v) is 5.50. The van der Waals surface area contributed by atoms with E-state index in [1.165, 1.54) is 0 Å². The smallest absolute Gasteiger partial charge is 0.338 e. The minimum atomic E-state index is -0.655. The second kappa shape index (κ2) is 7.12. The summed E-state index contributed by atoms with van der Waals surface area (Å²) >= 11 is 0. The van der Waals surface area contributed by atoms with Gasteiger partial charge in [-0.1, -0.05) is 30.3 Å². The minimum absolute atomic E-state index is 0.250. The Kier molecular flexibility index (Phi) is 4.74. The highest BCUT2D eigenvalue weighted by molar-refractivity contribution is 5.94. The molecule has 7 nitrogen and oxygen atoms in total. The predicted octanol–water partition coefficient (Wildman–Crippen LogP) is 2.33. The monoisotopic (exact) mass is 338 g/mol. The van der Waals surface area contributed by atoms with Crippen molar-refractivity contribution in [1.29, 1.82) is 0 Å². The first-order valence-electron chi connectivity index (χ1n) is 7.93. The lowest BCUT2D eigenvalue weighted by Gasteiger charge is -2.27. The largest absolute Gasteiger partial charge is 0.463 e. The van der Waals surface area contributed by atoms with Crippen LogP contribution in [0.1, 0.15) is 25.5 Å². The van der Waals surface area contributed by atoms with E-state index in [1.54, 1.807) is 26.2 Å². The van der Waals surface area contributed by atoms with Crippen molar-refractivity contribution in [3.8, 4) is 11.4 Å². The van der Waals surface area contributed by atoms with E-state index in [4.69, 9.17) is 4.74 Å². The molecule has 0 bridgehead atoms. The number of allylic oxidation sites excluding steroid dienone is 1. The average molecular weight is 338 g/mol. The molecule has 2 heterocycles. The van der Waals surface area contributed by atoms with Crippen LogP contribution in [-0.4, -0.2) is 28.6 Å². The van der Waals surface area contributed by atoms with Crippen LogP contribution in [0.25, 0.3) is 11.4 Å². The lowest BCUT2D eigenvalue weighted by molar-refractivity contribution is -0.139. The summed E-state index contributed by atoms with van der Waals surface area (Å²) in [7, 11) is 0. The van der Waals surface area contributed by atoms with Crippen molar-refractivity contribution < 1.29 is 14.3 Å². The summed E-state index contributed by atoms with van der Waals surface area (Å²) in [4.78, 5) is 32.8. The first-order valence-corrected chi connectivity index (χ1v) is 7.93. The van der Waals surface area contributed by atoms with E-state index in [-0.39, 0.29) is 12.6 Å². The van der Waals surface area contributed by atoms with Gasteiger partial charge in [-0.15, -0.1) is 0 Å². The van der Waals surface area contributed by atoms with E-state index in [0.717, 1.165) is 5.56 Å². The lowest BCUT2D eigenvalue weighted by atomic mass is 9.98. The van der Waals surface area contributed by atoms with Crippen molar-refractivity contribution in [1.82, 2.24) is 20.6 Å². The van der Waals surface area contributed by atoms with Gasteiger partial charge < -0.3 is 15.4 Å². The molecule has 1 atom stereocenters. The standard InChI is InChI=1S/C18H18N4O3/c1-3-25-17(23)14-11(2)21-18(24)22-15(14)13-9-19-16(20-10-13)12-7-5-4-6-8-12/h4-10,15H,3H2,1-2H3,(H2,21,22,24). The molecule has 0 aliphatic carbocycles. The van der Waals surface area contributed by atoms with Crippen LogP contribution in [0, 0.1) is 0 Å². The lowest BCUT2D eigenvalue weighted by Crippen LogP contribution is -2.45. The van der Waals surface area contributed by atoms with Gasteiger partial charge in [0.15, 0.2) is 5.82 Å². The zero-order valence-corrected chi connectivity index (χ0v) is 13.9. The molecule has 1 aliphatic heterocycles. The molecule has 25 heavy (non-hydrogen) atoms. The van der Waals surface area contributed by atoms with E-state index in [0.29, 0.717) is 22.7 Å². The molecule has 0 saturated heterocycles. The topological polar surface area (TPSA) is 93.2 Å². The highest BCUT2D eigenvalue weighted by atomic mass is 16.5. The Labute approximate surface area is 145 Å². The van der Waals surface area contributed by atoms with Gasteiger partial charge in [0.1, 0.15) is 0 Å². The van der Waals surface area contributed by atoms with Crippen LogP contribution in [0.2, 0.25) is 0 Å². The normalized spacial score (nSPS) is 16.9. The van der Waals surface area contributed by atoms with Gasteiger partial charge in [0.2, 0.25) is 0 Å². The average Bonchev–Trinajstić information content (AvgIpc) is 2.62. The van der Waals surface area contributed by atoms with Crippen LogP contribution in [0.5, 0.6) is 0 Å². The van der Waals surface area contributed by atoms with Crippen LogP contribution in [0.15, 0.2) is 54.0 Å². The zero-order valence-electron chi connectivity index (χ0n) is 13.9. The maximum Gasteiger partial charge on any atom is 0.338 e. The van der Waals surface area contributed by atoms with Crippen molar-refractivity contribution in [3.05, 3.63) is 59.6 Å². The maximum absolute atomic E-state index is 12.3. The number of amides is 2. The number of nitrogens with one attached hydrogen (secondary N) is 2. The fourth-order valence-electron chi connectivity index (χ4n) is 2.65. The molecule has 1 aromatic heterocycles. The van der Waals surface area contributed by atoms with Crippen LogP contribution in [-0.2, 0) is 9.53 Å². The number of hydrogen-bond donors (Lipinski definition) is 2. The third kappa shape index (κ3) is 3.50. The Morgan fingerprint density at radius 2 is 1.88 bits per heavy atom. The van der Waals surface area contributed by atoms with Gasteiger partial charge >= 0.3 is 12.0 Å². The van der Waals surface area contributed by atoms with E-state index >= 15 is 0 Å². The number of ether oxygens (including phenoxy) is 1. The van der Waals surface area contributed by atoms with Gasteiger partial charge in [-0.25, -0.2) is 19.6 Å². The highest BCUT2D eigenvalue weighted by Crippen LogP contribution is 2.27. The van der Waals surface area contributed by atoms with Crippen molar-refractivity contribution in [2.24, 2.45) is 0 Å². The van der Waals surface area contributed by atoms with Gasteiger partial charge in [0, 0.05) is 29.2 Å². The summed E-state index contributed by atoms with van der Waals surface area (Å²) in [5.41, 5.74) is 2.30. The van der Waals surface area contributed by atoms with Gasteiger partial charge in [-0.3, -0.25) is 0 Å². The number of hydrogen-bond acceptors (Lipinski definition) is 5. The molecule has 0 fully saturated rings. The molecule has 2 amide bonds. The molecule has 1 aliphatic rings. The van der Waals surface area contributed by atoms with Crippen molar-refractivity contribution in [2.45, 2.75) is 19.9 Å². The first-order chi connectivity index (χ1) is 12.1. The fraction of sp³-hybridized carbons (Fsp3) is 0.222. The molecule has 0 radical (unpaired) electrons. The highest BCUT2D eigenvalue weighted by Gasteiger charge is 2.32. The summed E-state index contributed by atoms with van der Waals surface area (Å²) in [5.74, 6) is 0.0904. The third-order valence-corrected chi connectivity index (χ3v) is 3.80. The SMILES string of the molecule is CCOC(=O)C1=C(C)NC(=O)NC1c1cnc(-c2ccccc2)nc1. The number of urea groups is 1. The van der Waals surface area contributed by atoms with Crippen molar-refractivity contribution in [3.63, 3.8) is 0 Å².